The van der Waals surface area contributed by atoms with Gasteiger partial charge < -0.3 is 4.90 Å². The van der Waals surface area contributed by atoms with Gasteiger partial charge in [-0.05, 0) is 30.0 Å². The molecule has 2 aromatic carbocycles. The number of fused-ring (bicyclic) bond motifs is 1. The van der Waals surface area contributed by atoms with Gasteiger partial charge in [-0.3, -0.25) is 19.4 Å². The van der Waals surface area contributed by atoms with E-state index >= 15 is 0 Å². The molecule has 1 atom stereocenters. The Bertz CT molecular complexity index is 1090. The number of carbonyl (C=O) groups excluding carboxylic acids is 1. The van der Waals surface area contributed by atoms with Gasteiger partial charge in [0, 0.05) is 38.3 Å². The highest BCUT2D eigenvalue weighted by Gasteiger charge is 2.34. The van der Waals surface area contributed by atoms with Crippen molar-refractivity contribution in [1.82, 2.24) is 14.5 Å². The van der Waals surface area contributed by atoms with E-state index in [2.05, 4.69) is 38.9 Å². The van der Waals surface area contributed by atoms with E-state index in [9.17, 15) is 13.2 Å². The number of hydrogen-bond donors (Lipinski definition) is 1. The van der Waals surface area contributed by atoms with E-state index in [0.717, 1.165) is 26.1 Å². The predicted octanol–water partition coefficient (Wildman–Crippen LogP) is 2.14. The smallest absolute Gasteiger partial charge is 0.263 e. The van der Waals surface area contributed by atoms with Crippen molar-refractivity contribution in [1.29, 1.82) is 0 Å². The fraction of sp³-hybridized carbons (Fsp3) is 0.417. The summed E-state index contributed by atoms with van der Waals surface area (Å²) in [4.78, 5) is 22.4. The number of hydrogen-bond acceptors (Lipinski definition) is 5. The summed E-state index contributed by atoms with van der Waals surface area (Å²) < 4.78 is 27.3. The number of carbonyl (C=O) groups is 1. The van der Waals surface area contributed by atoms with Crippen molar-refractivity contribution in [2.45, 2.75) is 31.2 Å². The van der Waals surface area contributed by atoms with E-state index in [0.29, 0.717) is 18.7 Å². The van der Waals surface area contributed by atoms with Crippen molar-refractivity contribution in [3.8, 4) is 0 Å². The third-order valence-electron chi connectivity index (χ3n) is 6.06. The monoisotopic (exact) mass is 454 g/mol. The lowest BCUT2D eigenvalue weighted by molar-refractivity contribution is -0.135. The van der Waals surface area contributed by atoms with Gasteiger partial charge in [0.25, 0.3) is 10.0 Å². The summed E-state index contributed by atoms with van der Waals surface area (Å²) in [5.74, 6) is 0.163. The molecule has 8 heteroatoms. The molecule has 1 amide bonds. The maximum absolute atomic E-state index is 13.3. The molecule has 1 fully saturated rings. The topological polar surface area (TPSA) is 82.1 Å². The summed E-state index contributed by atoms with van der Waals surface area (Å²) in [5, 5.41) is 0. The van der Waals surface area contributed by atoms with Crippen LogP contribution in [0.2, 0.25) is 0 Å². The number of amidine groups is 1. The van der Waals surface area contributed by atoms with Gasteiger partial charge in [0.05, 0.1) is 4.90 Å². The molecule has 0 bridgehead atoms. The van der Waals surface area contributed by atoms with Crippen LogP contribution in [0.25, 0.3) is 0 Å². The van der Waals surface area contributed by atoms with Crippen molar-refractivity contribution < 1.29 is 13.2 Å². The Hall–Kier alpha value is -2.71. The molecule has 32 heavy (non-hydrogen) atoms. The Labute approximate surface area is 190 Å². The molecule has 0 unspecified atom stereocenters. The Kier molecular flexibility index (Phi) is 6.62. The first-order chi connectivity index (χ1) is 15.3. The Morgan fingerprint density at radius 3 is 2.34 bits per heavy atom. The van der Waals surface area contributed by atoms with E-state index in [1.807, 2.05) is 24.8 Å². The average molecular weight is 455 g/mol. The van der Waals surface area contributed by atoms with Gasteiger partial charge in [-0.1, -0.05) is 56.3 Å². The van der Waals surface area contributed by atoms with Crippen molar-refractivity contribution in [3.63, 3.8) is 0 Å². The lowest BCUT2D eigenvalue weighted by atomic mass is 10.0. The lowest BCUT2D eigenvalue weighted by Crippen LogP contribution is -2.52. The average Bonchev–Trinajstić information content (AvgIpc) is 3.06. The fourth-order valence-corrected chi connectivity index (χ4v) is 5.41. The minimum Gasteiger partial charge on any atom is -0.338 e. The first-order valence-electron chi connectivity index (χ1n) is 11.1. The van der Waals surface area contributed by atoms with Gasteiger partial charge in [-0.2, -0.15) is 0 Å². The second-order valence-electron chi connectivity index (χ2n) is 8.67. The minimum atomic E-state index is -3.63. The summed E-state index contributed by atoms with van der Waals surface area (Å²) in [6.45, 7) is 7.83. The van der Waals surface area contributed by atoms with E-state index < -0.39 is 16.1 Å². The first kappa shape index (κ1) is 22.5. The second kappa shape index (κ2) is 9.42. The van der Waals surface area contributed by atoms with Crippen LogP contribution in [-0.2, 0) is 21.2 Å². The van der Waals surface area contributed by atoms with E-state index in [1.54, 1.807) is 24.3 Å². The first-order valence-corrected chi connectivity index (χ1v) is 12.6. The third kappa shape index (κ3) is 4.86. The van der Waals surface area contributed by atoms with Crippen LogP contribution in [0.15, 0.2) is 64.5 Å². The van der Waals surface area contributed by atoms with Crippen LogP contribution in [0.4, 0.5) is 0 Å². The van der Waals surface area contributed by atoms with Gasteiger partial charge in [0.15, 0.2) is 0 Å². The van der Waals surface area contributed by atoms with Gasteiger partial charge in [-0.15, -0.1) is 0 Å². The highest BCUT2D eigenvalue weighted by Crippen LogP contribution is 2.24. The van der Waals surface area contributed by atoms with Crippen molar-refractivity contribution >= 4 is 21.8 Å². The van der Waals surface area contributed by atoms with Crippen molar-refractivity contribution in [2.24, 2.45) is 10.9 Å². The standard InChI is InChI=1S/C24H30N4O3S/c1-18(2)22(25-23-20-10-6-7-11-21(20)32(30,31)26-23)24(29)28-16-14-27(15-17-28)13-12-19-8-4-3-5-9-19/h3-11,18,22H,12-17H2,1-2H3,(H,25,26)/t22-/m0/s1. The molecule has 4 rings (SSSR count). The highest BCUT2D eigenvalue weighted by atomic mass is 32.2. The molecular weight excluding hydrogens is 424 g/mol. The maximum atomic E-state index is 13.3. The zero-order valence-corrected chi connectivity index (χ0v) is 19.4. The maximum Gasteiger partial charge on any atom is 0.263 e. The molecular formula is C24H30N4O3S. The molecule has 2 heterocycles. The van der Waals surface area contributed by atoms with Crippen molar-refractivity contribution in [2.75, 3.05) is 32.7 Å². The number of nitrogens with one attached hydrogen (secondary N) is 1. The number of sulfonamides is 1. The molecule has 0 radical (unpaired) electrons. The second-order valence-corrected chi connectivity index (χ2v) is 10.3. The summed E-state index contributed by atoms with van der Waals surface area (Å²) in [7, 11) is -3.63. The van der Waals surface area contributed by atoms with Gasteiger partial charge in [-0.25, -0.2) is 8.42 Å². The molecule has 0 saturated carbocycles. The SMILES string of the molecule is CC(C)[C@H](N=C1NS(=O)(=O)c2ccccc21)C(=O)N1CCN(CCc2ccccc2)CC1. The number of amides is 1. The van der Waals surface area contributed by atoms with Crippen LogP contribution in [0, 0.1) is 5.92 Å². The largest absolute Gasteiger partial charge is 0.338 e. The van der Waals surface area contributed by atoms with Crippen LogP contribution in [0.1, 0.15) is 25.0 Å². The molecule has 1 saturated heterocycles. The number of aliphatic imine (C=N–C) groups is 1. The summed E-state index contributed by atoms with van der Waals surface area (Å²) in [6.07, 6.45) is 0.997. The predicted molar refractivity (Wildman–Crippen MR) is 125 cm³/mol. The molecule has 2 aliphatic rings. The normalized spacial score (nSPS) is 20.2. The molecule has 0 aliphatic carbocycles. The molecule has 7 nitrogen and oxygen atoms in total. The molecule has 2 aromatic rings. The van der Waals surface area contributed by atoms with E-state index in [-0.39, 0.29) is 22.6 Å². The van der Waals surface area contributed by atoms with Gasteiger partial charge >= 0.3 is 0 Å². The quantitative estimate of drug-likeness (QED) is 0.725. The molecule has 170 valence electrons. The van der Waals surface area contributed by atoms with Crippen LogP contribution >= 0.6 is 0 Å². The number of piperazine rings is 1. The zero-order chi connectivity index (χ0) is 22.7. The molecule has 0 spiro atoms. The summed E-state index contributed by atoms with van der Waals surface area (Å²) >= 11 is 0. The molecule has 0 aromatic heterocycles. The lowest BCUT2D eigenvalue weighted by Gasteiger charge is -2.36. The van der Waals surface area contributed by atoms with Crippen LogP contribution in [-0.4, -0.2) is 68.7 Å². The summed E-state index contributed by atoms with van der Waals surface area (Å²) in [6, 6.07) is 16.5. The summed E-state index contributed by atoms with van der Waals surface area (Å²) in [5.41, 5.74) is 1.85. The van der Waals surface area contributed by atoms with Crippen molar-refractivity contribution in [3.05, 3.63) is 65.7 Å². The number of rotatable bonds is 6. The van der Waals surface area contributed by atoms with Gasteiger partial charge in [0.2, 0.25) is 5.91 Å². The van der Waals surface area contributed by atoms with E-state index in [1.165, 1.54) is 5.56 Å². The van der Waals surface area contributed by atoms with Crippen LogP contribution in [0.5, 0.6) is 0 Å². The number of nitrogens with zero attached hydrogens (tertiary/aromatic N) is 3. The Balaban J connectivity index is 1.41. The van der Waals surface area contributed by atoms with E-state index in [4.69, 9.17) is 0 Å². The Morgan fingerprint density at radius 2 is 1.66 bits per heavy atom. The number of benzene rings is 2. The minimum absolute atomic E-state index is 0.0428. The van der Waals surface area contributed by atoms with Gasteiger partial charge in [0.1, 0.15) is 11.9 Å². The van der Waals surface area contributed by atoms with Crippen LogP contribution < -0.4 is 4.72 Å². The zero-order valence-electron chi connectivity index (χ0n) is 18.6. The van der Waals surface area contributed by atoms with Crippen LogP contribution in [0.3, 0.4) is 0 Å². The third-order valence-corrected chi connectivity index (χ3v) is 7.46. The molecule has 2 aliphatic heterocycles. The Morgan fingerprint density at radius 1 is 1.00 bits per heavy atom. The highest BCUT2D eigenvalue weighted by molar-refractivity contribution is 7.90. The fourth-order valence-electron chi connectivity index (χ4n) is 4.17. The molecule has 1 N–H and O–H groups in total.